The van der Waals surface area contributed by atoms with Gasteiger partial charge >= 0.3 is 6.29 Å². The molecule has 0 atom stereocenters. The van der Waals surface area contributed by atoms with Crippen LogP contribution in [0.4, 0.5) is 19.6 Å². The Balaban J connectivity index is 1.67. The maximum atomic E-state index is 13.0. The van der Waals surface area contributed by atoms with Gasteiger partial charge in [0.1, 0.15) is 5.01 Å². The van der Waals surface area contributed by atoms with Gasteiger partial charge in [0.05, 0.1) is 0 Å². The number of likely N-dealkylation sites (N-methyl/N-ethyl adjacent to an activating group) is 1. The second kappa shape index (κ2) is 5.65. The fourth-order valence-corrected chi connectivity index (χ4v) is 2.62. The van der Waals surface area contributed by atoms with E-state index in [2.05, 4.69) is 29.9 Å². The number of ether oxygens (including phenoxy) is 2. The molecule has 1 aliphatic heterocycles. The fraction of sp³-hybridized carbons (Fsp3) is 0.385. The number of anilines is 2. The van der Waals surface area contributed by atoms with Crippen LogP contribution in [0.1, 0.15) is 5.01 Å². The standard InChI is InChI=1S/C13H14F2N4O2S/c1-19(2)6-5-11-17-18-12(22-11)16-8-3-4-9-10(7-8)21-13(14,15)20-9/h3-4,7H,5-6H2,1-2H3,(H,16,18). The van der Waals surface area contributed by atoms with E-state index in [-0.39, 0.29) is 11.5 Å². The van der Waals surface area contributed by atoms with Crippen molar-refractivity contribution in [2.75, 3.05) is 26.0 Å². The predicted octanol–water partition coefficient (Wildman–Crippen LogP) is 2.71. The highest BCUT2D eigenvalue weighted by Crippen LogP contribution is 2.42. The molecule has 0 unspecified atom stereocenters. The summed E-state index contributed by atoms with van der Waals surface area (Å²) in [6.45, 7) is 0.883. The number of halogens is 2. The lowest BCUT2D eigenvalue weighted by Crippen LogP contribution is -2.25. The molecule has 0 aliphatic carbocycles. The largest absolute Gasteiger partial charge is 0.586 e. The molecule has 0 bridgehead atoms. The molecule has 0 amide bonds. The first-order chi connectivity index (χ1) is 10.4. The molecule has 3 rings (SSSR count). The van der Waals surface area contributed by atoms with Gasteiger partial charge in [-0.05, 0) is 26.2 Å². The average Bonchev–Trinajstić information content (AvgIpc) is 2.98. The molecule has 0 spiro atoms. The van der Waals surface area contributed by atoms with Crippen LogP contribution in [0.2, 0.25) is 0 Å². The van der Waals surface area contributed by atoms with Crippen LogP contribution in [-0.2, 0) is 6.42 Å². The number of rotatable bonds is 5. The molecule has 9 heteroatoms. The smallest absolute Gasteiger partial charge is 0.395 e. The Hall–Kier alpha value is -2.00. The number of hydrogen-bond donors (Lipinski definition) is 1. The van der Waals surface area contributed by atoms with E-state index in [1.807, 2.05) is 14.1 Å². The van der Waals surface area contributed by atoms with Crippen LogP contribution in [0.5, 0.6) is 11.5 Å². The zero-order valence-electron chi connectivity index (χ0n) is 12.0. The molecular formula is C13H14F2N4O2S. The van der Waals surface area contributed by atoms with E-state index >= 15 is 0 Å². The van der Waals surface area contributed by atoms with Gasteiger partial charge in [-0.15, -0.1) is 19.0 Å². The number of benzene rings is 1. The number of alkyl halides is 2. The minimum atomic E-state index is -3.61. The van der Waals surface area contributed by atoms with Gasteiger partial charge in [-0.3, -0.25) is 0 Å². The number of hydrogen-bond acceptors (Lipinski definition) is 7. The molecule has 6 nitrogen and oxygen atoms in total. The minimum Gasteiger partial charge on any atom is -0.395 e. The van der Waals surface area contributed by atoms with E-state index in [9.17, 15) is 8.78 Å². The summed E-state index contributed by atoms with van der Waals surface area (Å²) in [5.74, 6) is 0.00633. The van der Waals surface area contributed by atoms with E-state index in [4.69, 9.17) is 0 Å². The summed E-state index contributed by atoms with van der Waals surface area (Å²) in [7, 11) is 3.98. The Kier molecular flexibility index (Phi) is 3.83. The van der Waals surface area contributed by atoms with Crippen LogP contribution in [-0.4, -0.2) is 42.0 Å². The van der Waals surface area contributed by atoms with Gasteiger partial charge in [0.15, 0.2) is 11.5 Å². The summed E-state index contributed by atoms with van der Waals surface area (Å²) < 4.78 is 34.7. The monoisotopic (exact) mass is 328 g/mol. The first kappa shape index (κ1) is 14.9. The van der Waals surface area contributed by atoms with E-state index < -0.39 is 6.29 Å². The zero-order valence-corrected chi connectivity index (χ0v) is 12.8. The maximum absolute atomic E-state index is 13.0. The maximum Gasteiger partial charge on any atom is 0.586 e. The van der Waals surface area contributed by atoms with Crippen LogP contribution >= 0.6 is 11.3 Å². The van der Waals surface area contributed by atoms with Gasteiger partial charge in [-0.1, -0.05) is 11.3 Å². The minimum absolute atomic E-state index is 0.00709. The van der Waals surface area contributed by atoms with Gasteiger partial charge < -0.3 is 19.7 Å². The van der Waals surface area contributed by atoms with Crippen molar-refractivity contribution in [1.82, 2.24) is 15.1 Å². The van der Waals surface area contributed by atoms with Crippen LogP contribution in [0.15, 0.2) is 18.2 Å². The zero-order chi connectivity index (χ0) is 15.7. The lowest BCUT2D eigenvalue weighted by atomic mass is 10.3. The molecule has 2 heterocycles. The molecule has 1 aromatic heterocycles. The molecule has 22 heavy (non-hydrogen) atoms. The van der Waals surface area contributed by atoms with Crippen molar-refractivity contribution < 1.29 is 18.3 Å². The number of nitrogens with zero attached hydrogens (tertiary/aromatic N) is 3. The molecule has 1 N–H and O–H groups in total. The molecule has 1 aliphatic rings. The molecule has 0 saturated carbocycles. The van der Waals surface area contributed by atoms with Crippen molar-refractivity contribution in [3.8, 4) is 11.5 Å². The van der Waals surface area contributed by atoms with Crippen LogP contribution in [0.25, 0.3) is 0 Å². The second-order valence-electron chi connectivity index (χ2n) is 5.01. The number of aromatic nitrogens is 2. The average molecular weight is 328 g/mol. The quantitative estimate of drug-likeness (QED) is 0.911. The molecule has 0 fully saturated rings. The van der Waals surface area contributed by atoms with Gasteiger partial charge in [0, 0.05) is 24.7 Å². The van der Waals surface area contributed by atoms with E-state index in [1.54, 1.807) is 6.07 Å². The Morgan fingerprint density at radius 3 is 2.77 bits per heavy atom. The van der Waals surface area contributed by atoms with E-state index in [0.717, 1.165) is 18.0 Å². The van der Waals surface area contributed by atoms with Crippen LogP contribution < -0.4 is 14.8 Å². The molecule has 1 aromatic carbocycles. The third-order valence-corrected chi connectivity index (χ3v) is 3.79. The SMILES string of the molecule is CN(C)CCc1nnc(Nc2ccc3c(c2)OC(F)(F)O3)s1. The molecule has 2 aromatic rings. The lowest BCUT2D eigenvalue weighted by Gasteiger charge is -2.06. The van der Waals surface area contributed by atoms with E-state index in [0.29, 0.717) is 10.8 Å². The molecular weight excluding hydrogens is 314 g/mol. The second-order valence-corrected chi connectivity index (χ2v) is 6.07. The topological polar surface area (TPSA) is 59.5 Å². The van der Waals surface area contributed by atoms with Crippen molar-refractivity contribution >= 4 is 22.2 Å². The first-order valence-electron chi connectivity index (χ1n) is 6.55. The van der Waals surface area contributed by atoms with Crippen molar-refractivity contribution in [3.05, 3.63) is 23.2 Å². The normalized spacial score (nSPS) is 15.3. The predicted molar refractivity (Wildman–Crippen MR) is 78.1 cm³/mol. The Labute approximate surface area is 129 Å². The van der Waals surface area contributed by atoms with Gasteiger partial charge in [-0.25, -0.2) is 0 Å². The number of fused-ring (bicyclic) bond motifs is 1. The highest BCUT2D eigenvalue weighted by atomic mass is 32.1. The van der Waals surface area contributed by atoms with Crippen molar-refractivity contribution in [2.45, 2.75) is 12.7 Å². The Bertz CT molecular complexity index is 678. The van der Waals surface area contributed by atoms with Gasteiger partial charge in [-0.2, -0.15) is 0 Å². The van der Waals surface area contributed by atoms with Crippen molar-refractivity contribution in [2.24, 2.45) is 0 Å². The van der Waals surface area contributed by atoms with Gasteiger partial charge in [0.25, 0.3) is 0 Å². The number of nitrogens with one attached hydrogen (secondary N) is 1. The van der Waals surface area contributed by atoms with Crippen LogP contribution in [0, 0.1) is 0 Å². The third-order valence-electron chi connectivity index (χ3n) is 2.89. The van der Waals surface area contributed by atoms with Gasteiger partial charge in [0.2, 0.25) is 5.13 Å². The lowest BCUT2D eigenvalue weighted by molar-refractivity contribution is -0.286. The highest BCUT2D eigenvalue weighted by Gasteiger charge is 2.43. The molecule has 118 valence electrons. The summed E-state index contributed by atoms with van der Waals surface area (Å²) in [5, 5.41) is 12.6. The molecule has 0 saturated heterocycles. The summed E-state index contributed by atoms with van der Waals surface area (Å²) in [6, 6.07) is 4.48. The third kappa shape index (κ3) is 3.42. The van der Waals surface area contributed by atoms with Crippen LogP contribution in [0.3, 0.4) is 0 Å². The highest BCUT2D eigenvalue weighted by molar-refractivity contribution is 7.15. The summed E-state index contributed by atoms with van der Waals surface area (Å²) in [5.41, 5.74) is 0.579. The van der Waals surface area contributed by atoms with E-state index in [1.165, 1.54) is 23.5 Å². The first-order valence-corrected chi connectivity index (χ1v) is 7.37. The summed E-state index contributed by atoms with van der Waals surface area (Å²) in [4.78, 5) is 2.06. The summed E-state index contributed by atoms with van der Waals surface area (Å²) in [6.07, 6.45) is -2.80. The fourth-order valence-electron chi connectivity index (χ4n) is 1.87. The Morgan fingerprint density at radius 2 is 2.00 bits per heavy atom. The van der Waals surface area contributed by atoms with Crippen molar-refractivity contribution in [1.29, 1.82) is 0 Å². The Morgan fingerprint density at radius 1 is 1.23 bits per heavy atom. The summed E-state index contributed by atoms with van der Waals surface area (Å²) >= 11 is 1.42. The van der Waals surface area contributed by atoms with Crippen molar-refractivity contribution in [3.63, 3.8) is 0 Å². The molecule has 0 radical (unpaired) electrons.